The van der Waals surface area contributed by atoms with Crippen molar-refractivity contribution in [2.45, 2.75) is 42.1 Å². The highest BCUT2D eigenvalue weighted by molar-refractivity contribution is 8.00. The van der Waals surface area contributed by atoms with Crippen LogP contribution in [0.2, 0.25) is 10.0 Å². The number of aromatic nitrogens is 2. The molecule has 8 heteroatoms. The number of thioether (sulfide) groups is 1. The van der Waals surface area contributed by atoms with E-state index in [4.69, 9.17) is 23.2 Å². The molecule has 154 valence electrons. The van der Waals surface area contributed by atoms with Crippen LogP contribution in [0.25, 0.3) is 0 Å². The van der Waals surface area contributed by atoms with E-state index in [0.717, 1.165) is 24.5 Å². The molecule has 0 aliphatic carbocycles. The second-order valence-corrected chi connectivity index (χ2v) is 9.56. The minimum absolute atomic E-state index is 0.287. The summed E-state index contributed by atoms with van der Waals surface area (Å²) in [5.74, 6) is 0. The fourth-order valence-electron chi connectivity index (χ4n) is 3.06. The van der Waals surface area contributed by atoms with Gasteiger partial charge in [-0.3, -0.25) is 0 Å². The molecule has 0 radical (unpaired) electrons. The molecule has 0 amide bonds. The molecule has 0 aliphatic rings. The van der Waals surface area contributed by atoms with Crippen molar-refractivity contribution in [3.8, 4) is 0 Å². The monoisotopic (exact) mass is 458 g/mol. The topological polar surface area (TPSA) is 17.8 Å². The molecule has 29 heavy (non-hydrogen) atoms. The molecule has 0 fully saturated rings. The van der Waals surface area contributed by atoms with Crippen molar-refractivity contribution in [1.29, 1.82) is 0 Å². The van der Waals surface area contributed by atoms with Crippen molar-refractivity contribution in [3.63, 3.8) is 0 Å². The van der Waals surface area contributed by atoms with Crippen LogP contribution in [0.15, 0.2) is 66.1 Å². The van der Waals surface area contributed by atoms with E-state index >= 15 is 0 Å². The first-order chi connectivity index (χ1) is 13.6. The van der Waals surface area contributed by atoms with Crippen molar-refractivity contribution in [3.05, 3.63) is 82.4 Å². The molecular formula is C21H19Cl2F3N2S. The highest BCUT2D eigenvalue weighted by atomic mass is 35.5. The Kier molecular flexibility index (Phi) is 6.87. The van der Waals surface area contributed by atoms with Gasteiger partial charge in [0.1, 0.15) is 0 Å². The number of halogens is 5. The lowest BCUT2D eigenvalue weighted by Gasteiger charge is -2.30. The molecule has 0 saturated heterocycles. The molecule has 2 nitrogen and oxygen atoms in total. The van der Waals surface area contributed by atoms with E-state index in [2.05, 4.69) is 11.9 Å². The van der Waals surface area contributed by atoms with Gasteiger partial charge in [-0.15, -0.1) is 11.8 Å². The standard InChI is InChI=1S/C21H19Cl2F3N2S/c1-20(13-28-11-10-27-14-28,9-8-15-2-4-16(22)5-3-15)29-17-6-7-18(19(23)12-17)21(24,25)26/h2-7,10-12,14H,8-9,13H2,1H3. The molecule has 3 rings (SSSR count). The van der Waals surface area contributed by atoms with Crippen molar-refractivity contribution in [2.75, 3.05) is 0 Å². The van der Waals surface area contributed by atoms with Crippen molar-refractivity contribution >= 4 is 35.0 Å². The SMILES string of the molecule is CC(CCc1ccc(Cl)cc1)(Cn1ccnc1)Sc1ccc(C(F)(F)F)c(Cl)c1. The van der Waals surface area contributed by atoms with E-state index < -0.39 is 11.7 Å². The van der Waals surface area contributed by atoms with Gasteiger partial charge in [0.2, 0.25) is 0 Å². The molecule has 0 N–H and O–H groups in total. The molecule has 0 aliphatic heterocycles. The lowest BCUT2D eigenvalue weighted by molar-refractivity contribution is -0.137. The molecule has 1 unspecified atom stereocenters. The Morgan fingerprint density at radius 1 is 1.07 bits per heavy atom. The maximum atomic E-state index is 13.0. The average Bonchev–Trinajstić information content (AvgIpc) is 3.13. The van der Waals surface area contributed by atoms with Crippen molar-refractivity contribution in [1.82, 2.24) is 9.55 Å². The number of hydrogen-bond donors (Lipinski definition) is 0. The molecule has 0 saturated carbocycles. The maximum Gasteiger partial charge on any atom is 0.417 e. The summed E-state index contributed by atoms with van der Waals surface area (Å²) < 4.78 is 40.7. The average molecular weight is 459 g/mol. The van der Waals surface area contributed by atoms with Crippen LogP contribution < -0.4 is 0 Å². The molecule has 1 heterocycles. The predicted molar refractivity (Wildman–Crippen MR) is 113 cm³/mol. The van der Waals surface area contributed by atoms with Crippen LogP contribution in [0.1, 0.15) is 24.5 Å². The van der Waals surface area contributed by atoms with Crippen LogP contribution >= 0.6 is 35.0 Å². The Bertz CT molecular complexity index is 944. The Labute approximate surface area is 182 Å². The fraction of sp³-hybridized carbons (Fsp3) is 0.286. The minimum Gasteiger partial charge on any atom is -0.336 e. The third kappa shape index (κ3) is 6.17. The summed E-state index contributed by atoms with van der Waals surface area (Å²) in [5.41, 5.74) is 0.332. The third-order valence-electron chi connectivity index (χ3n) is 4.54. The van der Waals surface area contributed by atoms with Crippen LogP contribution in [0, 0.1) is 0 Å². The van der Waals surface area contributed by atoms with Gasteiger partial charge in [0.15, 0.2) is 0 Å². The summed E-state index contributed by atoms with van der Waals surface area (Å²) in [6, 6.07) is 11.6. The van der Waals surface area contributed by atoms with Gasteiger partial charge in [-0.25, -0.2) is 4.98 Å². The summed E-state index contributed by atoms with van der Waals surface area (Å²) in [7, 11) is 0. The zero-order valence-corrected chi connectivity index (χ0v) is 17.9. The summed E-state index contributed by atoms with van der Waals surface area (Å²) in [5, 5.41) is 0.397. The maximum absolute atomic E-state index is 13.0. The molecule has 0 spiro atoms. The Morgan fingerprint density at radius 2 is 1.79 bits per heavy atom. The number of benzene rings is 2. The molecule has 0 bridgehead atoms. The highest BCUT2D eigenvalue weighted by Gasteiger charge is 2.34. The largest absolute Gasteiger partial charge is 0.417 e. The van der Waals surface area contributed by atoms with Gasteiger partial charge in [-0.1, -0.05) is 35.3 Å². The summed E-state index contributed by atoms with van der Waals surface area (Å²) in [4.78, 5) is 4.78. The predicted octanol–water partition coefficient (Wildman–Crippen LogP) is 7.39. The summed E-state index contributed by atoms with van der Waals surface area (Å²) >= 11 is 13.4. The van der Waals surface area contributed by atoms with Crippen LogP contribution in [0.3, 0.4) is 0 Å². The van der Waals surface area contributed by atoms with E-state index in [0.29, 0.717) is 16.5 Å². The minimum atomic E-state index is -4.46. The summed E-state index contributed by atoms with van der Waals surface area (Å²) in [6.45, 7) is 2.75. The quantitative estimate of drug-likeness (QED) is 0.343. The molecule has 3 aromatic rings. The zero-order valence-electron chi connectivity index (χ0n) is 15.6. The van der Waals surface area contributed by atoms with E-state index in [9.17, 15) is 13.2 Å². The number of nitrogens with zero attached hydrogens (tertiary/aromatic N) is 2. The number of alkyl halides is 3. The molecule has 1 atom stereocenters. The Balaban J connectivity index is 1.81. The number of hydrogen-bond acceptors (Lipinski definition) is 2. The van der Waals surface area contributed by atoms with Crippen molar-refractivity contribution in [2.24, 2.45) is 0 Å². The van der Waals surface area contributed by atoms with Gasteiger partial charge in [-0.05, 0) is 55.7 Å². The first-order valence-electron chi connectivity index (χ1n) is 8.91. The zero-order chi connectivity index (χ0) is 21.1. The normalized spacial score (nSPS) is 14.0. The van der Waals surface area contributed by atoms with Gasteiger partial charge in [0, 0.05) is 33.6 Å². The van der Waals surface area contributed by atoms with Crippen LogP contribution in [-0.4, -0.2) is 14.3 Å². The second-order valence-electron chi connectivity index (χ2n) is 7.05. The van der Waals surface area contributed by atoms with E-state index in [1.54, 1.807) is 12.5 Å². The first kappa shape index (κ1) is 22.1. The third-order valence-corrected chi connectivity index (χ3v) is 6.42. The first-order valence-corrected chi connectivity index (χ1v) is 10.5. The Morgan fingerprint density at radius 3 is 2.38 bits per heavy atom. The van der Waals surface area contributed by atoms with Crippen molar-refractivity contribution < 1.29 is 13.2 Å². The molecule has 1 aromatic heterocycles. The van der Waals surface area contributed by atoms with E-state index in [1.807, 2.05) is 35.0 Å². The number of imidazole rings is 1. The highest BCUT2D eigenvalue weighted by Crippen LogP contribution is 2.42. The molecule has 2 aromatic carbocycles. The lowest BCUT2D eigenvalue weighted by atomic mass is 10.00. The van der Waals surface area contributed by atoms with E-state index in [-0.39, 0.29) is 9.77 Å². The van der Waals surface area contributed by atoms with E-state index in [1.165, 1.54) is 23.9 Å². The van der Waals surface area contributed by atoms with Gasteiger partial charge >= 0.3 is 6.18 Å². The number of rotatable bonds is 7. The number of aryl methyl sites for hydroxylation is 1. The van der Waals surface area contributed by atoms with Crippen LogP contribution in [0.5, 0.6) is 0 Å². The fourth-order valence-corrected chi connectivity index (χ4v) is 4.84. The Hall–Kier alpha value is -1.63. The summed E-state index contributed by atoms with van der Waals surface area (Å²) in [6.07, 6.45) is 2.47. The second kappa shape index (κ2) is 9.02. The lowest BCUT2D eigenvalue weighted by Crippen LogP contribution is -2.27. The van der Waals surface area contributed by atoms with Gasteiger partial charge < -0.3 is 4.57 Å². The van der Waals surface area contributed by atoms with Crippen LogP contribution in [-0.2, 0) is 19.1 Å². The van der Waals surface area contributed by atoms with Gasteiger partial charge in [0.05, 0.1) is 16.9 Å². The molecular weight excluding hydrogens is 440 g/mol. The van der Waals surface area contributed by atoms with Crippen LogP contribution in [0.4, 0.5) is 13.2 Å². The smallest absolute Gasteiger partial charge is 0.336 e. The van der Waals surface area contributed by atoms with Gasteiger partial charge in [0.25, 0.3) is 0 Å². The van der Waals surface area contributed by atoms with Gasteiger partial charge in [-0.2, -0.15) is 13.2 Å².